The van der Waals surface area contributed by atoms with Gasteiger partial charge in [0.1, 0.15) is 12.1 Å². The van der Waals surface area contributed by atoms with Crippen LogP contribution in [0.25, 0.3) is 16.8 Å². The highest BCUT2D eigenvalue weighted by atomic mass is 19.4. The van der Waals surface area contributed by atoms with E-state index in [0.717, 1.165) is 5.56 Å². The van der Waals surface area contributed by atoms with E-state index in [1.165, 1.54) is 42.3 Å². The second-order valence-corrected chi connectivity index (χ2v) is 5.21. The Hall–Kier alpha value is -3.36. The number of ether oxygens (including phenoxy) is 1. The van der Waals surface area contributed by atoms with Crippen LogP contribution >= 0.6 is 0 Å². The first-order chi connectivity index (χ1) is 12.4. The Morgan fingerprint density at radius 1 is 1.12 bits per heavy atom. The molecule has 0 aliphatic heterocycles. The Labute approximate surface area is 146 Å². The third kappa shape index (κ3) is 4.00. The standard InChI is InChI=1S/C17H13F3N4O2/c1-21-16(25)15-22-10-24(23-15)13-4-2-3-12(9-13)11-5-7-14(8-6-11)26-17(18,19)20/h2-10H,1H3,(H,21,25). The highest BCUT2D eigenvalue weighted by molar-refractivity contribution is 5.90. The Morgan fingerprint density at radius 3 is 2.50 bits per heavy atom. The van der Waals surface area contributed by atoms with Crippen molar-refractivity contribution in [2.24, 2.45) is 0 Å². The lowest BCUT2D eigenvalue weighted by molar-refractivity contribution is -0.274. The largest absolute Gasteiger partial charge is 0.573 e. The maximum Gasteiger partial charge on any atom is 0.573 e. The van der Waals surface area contributed by atoms with Crippen molar-refractivity contribution in [3.05, 3.63) is 60.7 Å². The highest BCUT2D eigenvalue weighted by Crippen LogP contribution is 2.27. The average molecular weight is 362 g/mol. The molecule has 1 heterocycles. The van der Waals surface area contributed by atoms with Crippen LogP contribution in [0.1, 0.15) is 10.6 Å². The normalized spacial score (nSPS) is 11.2. The molecule has 0 spiro atoms. The molecule has 0 aliphatic rings. The topological polar surface area (TPSA) is 69.0 Å². The third-order valence-corrected chi connectivity index (χ3v) is 3.45. The number of benzene rings is 2. The van der Waals surface area contributed by atoms with Gasteiger partial charge in [-0.3, -0.25) is 4.79 Å². The highest BCUT2D eigenvalue weighted by Gasteiger charge is 2.30. The van der Waals surface area contributed by atoms with E-state index in [0.29, 0.717) is 11.3 Å². The molecule has 1 amide bonds. The summed E-state index contributed by atoms with van der Waals surface area (Å²) in [6, 6.07) is 12.7. The summed E-state index contributed by atoms with van der Waals surface area (Å²) in [5, 5.41) is 6.52. The van der Waals surface area contributed by atoms with Crippen molar-refractivity contribution >= 4 is 5.91 Å². The number of halogens is 3. The molecule has 0 unspecified atom stereocenters. The molecule has 1 N–H and O–H groups in total. The van der Waals surface area contributed by atoms with Crippen LogP contribution in [0.4, 0.5) is 13.2 Å². The third-order valence-electron chi connectivity index (χ3n) is 3.45. The zero-order valence-electron chi connectivity index (χ0n) is 13.5. The van der Waals surface area contributed by atoms with Crippen LogP contribution in [0.3, 0.4) is 0 Å². The van der Waals surface area contributed by atoms with Crippen molar-refractivity contribution in [1.82, 2.24) is 20.1 Å². The van der Waals surface area contributed by atoms with Crippen LogP contribution < -0.4 is 10.1 Å². The van der Waals surface area contributed by atoms with Crippen LogP contribution in [0.5, 0.6) is 5.75 Å². The lowest BCUT2D eigenvalue weighted by Gasteiger charge is -2.10. The molecule has 0 saturated carbocycles. The number of carbonyl (C=O) groups excluding carboxylic acids is 1. The van der Waals surface area contributed by atoms with Gasteiger partial charge >= 0.3 is 6.36 Å². The fourth-order valence-electron chi connectivity index (χ4n) is 2.28. The number of amides is 1. The van der Waals surface area contributed by atoms with Crippen LogP contribution in [0.2, 0.25) is 0 Å². The van der Waals surface area contributed by atoms with Gasteiger partial charge in [0.2, 0.25) is 5.82 Å². The molecular formula is C17H13F3N4O2. The molecule has 0 atom stereocenters. The van der Waals surface area contributed by atoms with Gasteiger partial charge < -0.3 is 10.1 Å². The molecule has 0 bridgehead atoms. The number of alkyl halides is 3. The first-order valence-corrected chi connectivity index (χ1v) is 7.46. The molecule has 3 aromatic rings. The maximum atomic E-state index is 12.2. The van der Waals surface area contributed by atoms with Crippen molar-refractivity contribution in [3.63, 3.8) is 0 Å². The summed E-state index contributed by atoms with van der Waals surface area (Å²) in [6.45, 7) is 0. The molecule has 3 rings (SSSR count). The fraction of sp³-hybridized carbons (Fsp3) is 0.118. The van der Waals surface area contributed by atoms with Crippen molar-refractivity contribution in [2.45, 2.75) is 6.36 Å². The lowest BCUT2D eigenvalue weighted by Crippen LogP contribution is -2.19. The minimum atomic E-state index is -4.73. The van der Waals surface area contributed by atoms with E-state index in [1.807, 2.05) is 0 Å². The summed E-state index contributed by atoms with van der Waals surface area (Å²) >= 11 is 0. The lowest BCUT2D eigenvalue weighted by atomic mass is 10.1. The first kappa shape index (κ1) is 17.5. The van der Waals surface area contributed by atoms with Gasteiger partial charge in [-0.15, -0.1) is 18.3 Å². The van der Waals surface area contributed by atoms with Gasteiger partial charge in [-0.05, 0) is 35.4 Å². The number of rotatable bonds is 4. The van der Waals surface area contributed by atoms with E-state index in [1.54, 1.807) is 24.3 Å². The van der Waals surface area contributed by atoms with Gasteiger partial charge in [-0.2, -0.15) is 0 Å². The number of hydrogen-bond acceptors (Lipinski definition) is 4. The van der Waals surface area contributed by atoms with Gasteiger partial charge in [0, 0.05) is 7.05 Å². The van der Waals surface area contributed by atoms with Crippen LogP contribution in [-0.2, 0) is 0 Å². The number of nitrogens with zero attached hydrogens (tertiary/aromatic N) is 3. The minimum Gasteiger partial charge on any atom is -0.406 e. The van der Waals surface area contributed by atoms with Crippen LogP contribution in [-0.4, -0.2) is 34.1 Å². The smallest absolute Gasteiger partial charge is 0.406 e. The Morgan fingerprint density at radius 2 is 1.85 bits per heavy atom. The number of carbonyl (C=O) groups is 1. The monoisotopic (exact) mass is 362 g/mol. The summed E-state index contributed by atoms with van der Waals surface area (Å²) in [6.07, 6.45) is -3.32. The fourth-order valence-corrected chi connectivity index (χ4v) is 2.28. The van der Waals surface area contributed by atoms with Crippen molar-refractivity contribution in [1.29, 1.82) is 0 Å². The van der Waals surface area contributed by atoms with E-state index in [2.05, 4.69) is 20.1 Å². The molecule has 0 fully saturated rings. The Bertz CT molecular complexity index is 920. The molecule has 6 nitrogen and oxygen atoms in total. The zero-order valence-corrected chi connectivity index (χ0v) is 13.5. The number of aromatic nitrogens is 3. The maximum absolute atomic E-state index is 12.2. The van der Waals surface area contributed by atoms with Crippen LogP contribution in [0.15, 0.2) is 54.9 Å². The van der Waals surface area contributed by atoms with E-state index in [-0.39, 0.29) is 11.6 Å². The zero-order chi connectivity index (χ0) is 18.7. The second-order valence-electron chi connectivity index (χ2n) is 5.21. The molecule has 0 radical (unpaired) electrons. The molecular weight excluding hydrogens is 349 g/mol. The molecule has 134 valence electrons. The van der Waals surface area contributed by atoms with Crippen LogP contribution in [0, 0.1) is 0 Å². The quantitative estimate of drug-likeness (QED) is 0.774. The predicted octanol–water partition coefficient (Wildman–Crippen LogP) is 3.19. The summed E-state index contributed by atoms with van der Waals surface area (Å²) < 4.78 is 42.0. The minimum absolute atomic E-state index is 0.0338. The summed E-state index contributed by atoms with van der Waals surface area (Å²) in [4.78, 5) is 15.5. The number of hydrogen-bond donors (Lipinski definition) is 1. The molecule has 0 saturated heterocycles. The predicted molar refractivity (Wildman–Crippen MR) is 86.9 cm³/mol. The first-order valence-electron chi connectivity index (χ1n) is 7.46. The average Bonchev–Trinajstić information content (AvgIpc) is 3.11. The van der Waals surface area contributed by atoms with E-state index >= 15 is 0 Å². The summed E-state index contributed by atoms with van der Waals surface area (Å²) in [7, 11) is 1.48. The SMILES string of the molecule is CNC(=O)c1ncn(-c2cccc(-c3ccc(OC(F)(F)F)cc3)c2)n1. The summed E-state index contributed by atoms with van der Waals surface area (Å²) in [5.74, 6) is -0.657. The number of nitrogens with one attached hydrogen (secondary N) is 1. The van der Waals surface area contributed by atoms with E-state index in [4.69, 9.17) is 0 Å². The van der Waals surface area contributed by atoms with Crippen molar-refractivity contribution < 1.29 is 22.7 Å². The van der Waals surface area contributed by atoms with Gasteiger partial charge in [0.25, 0.3) is 5.91 Å². The van der Waals surface area contributed by atoms with E-state index in [9.17, 15) is 18.0 Å². The Balaban J connectivity index is 1.85. The summed E-state index contributed by atoms with van der Waals surface area (Å²) in [5.41, 5.74) is 2.12. The molecule has 0 aliphatic carbocycles. The van der Waals surface area contributed by atoms with Gasteiger partial charge in [0.05, 0.1) is 5.69 Å². The van der Waals surface area contributed by atoms with Crippen molar-refractivity contribution in [3.8, 4) is 22.6 Å². The second kappa shape index (κ2) is 6.87. The van der Waals surface area contributed by atoms with Crippen molar-refractivity contribution in [2.75, 3.05) is 7.05 Å². The van der Waals surface area contributed by atoms with Gasteiger partial charge in [-0.25, -0.2) is 9.67 Å². The molecule has 26 heavy (non-hydrogen) atoms. The molecule has 2 aromatic carbocycles. The Kier molecular flexibility index (Phi) is 4.61. The van der Waals surface area contributed by atoms with Gasteiger partial charge in [-0.1, -0.05) is 24.3 Å². The molecule has 1 aromatic heterocycles. The molecule has 9 heteroatoms. The van der Waals surface area contributed by atoms with E-state index < -0.39 is 12.3 Å². The van der Waals surface area contributed by atoms with Gasteiger partial charge in [0.15, 0.2) is 0 Å².